The molecular formula is C51H54F2N2O10. The van der Waals surface area contributed by atoms with Gasteiger partial charge in [-0.3, -0.25) is 28.3 Å². The van der Waals surface area contributed by atoms with E-state index in [1.807, 2.05) is 47.6 Å². The van der Waals surface area contributed by atoms with Crippen LogP contribution in [0.5, 0.6) is 0 Å². The molecule has 65 heavy (non-hydrogen) atoms. The van der Waals surface area contributed by atoms with Crippen molar-refractivity contribution in [2.75, 3.05) is 7.11 Å². The molecule has 0 aliphatic rings. The van der Waals surface area contributed by atoms with Crippen molar-refractivity contribution in [3.63, 3.8) is 0 Å². The third-order valence-electron chi connectivity index (χ3n) is 9.99. The summed E-state index contributed by atoms with van der Waals surface area (Å²) in [6.07, 6.45) is 3.93. The van der Waals surface area contributed by atoms with Crippen LogP contribution in [-0.4, -0.2) is 56.4 Å². The minimum Gasteiger partial charge on any atom is -0.478 e. The predicted octanol–water partition coefficient (Wildman–Crippen LogP) is 9.85. The first kappa shape index (κ1) is 49.1. The Bertz CT molecular complexity index is 2820. The lowest BCUT2D eigenvalue weighted by molar-refractivity contribution is -0.156. The predicted molar refractivity (Wildman–Crippen MR) is 244 cm³/mol. The minimum absolute atomic E-state index is 0.0901. The Morgan fingerprint density at radius 2 is 0.938 bits per heavy atom. The standard InChI is InChI=1S/C26H28FNO5.C25H26FNO5/c1-26(2,3)33-23(29)8-6-5-7-21-16-18-15-17(25(31)32-4)9-14-22(18)24(30)28(21)20-12-10-19(27)11-13-20;1-25(2,3)32-22(28)7-5-4-6-20-15-17-14-16(24(30)31)8-13-21(17)23(29)27(20)19-11-9-18(26)10-12-19/h9-16H,5-8H2,1-4H3;8-15H,4-7H2,1-3H3,(H,30,31). The molecule has 6 rings (SSSR count). The molecule has 14 heteroatoms. The first-order chi connectivity index (χ1) is 30.6. The molecule has 342 valence electrons. The van der Waals surface area contributed by atoms with E-state index in [1.54, 1.807) is 41.0 Å². The fourth-order valence-corrected chi connectivity index (χ4v) is 7.17. The Hall–Kier alpha value is -6.96. The number of aromatic nitrogens is 2. The number of hydrogen-bond acceptors (Lipinski definition) is 9. The average molecular weight is 893 g/mol. The van der Waals surface area contributed by atoms with Crippen LogP contribution < -0.4 is 11.1 Å². The number of methoxy groups -OCH3 is 1. The number of esters is 3. The van der Waals surface area contributed by atoms with Gasteiger partial charge in [0, 0.05) is 46.4 Å². The summed E-state index contributed by atoms with van der Waals surface area (Å²) in [4.78, 5) is 73.8. The highest BCUT2D eigenvalue weighted by Gasteiger charge is 2.19. The second-order valence-electron chi connectivity index (χ2n) is 17.5. The molecule has 0 amide bonds. The van der Waals surface area contributed by atoms with Gasteiger partial charge in [-0.05, 0) is 188 Å². The topological polar surface area (TPSA) is 160 Å². The monoisotopic (exact) mass is 892 g/mol. The second kappa shape index (κ2) is 21.1. The second-order valence-corrected chi connectivity index (χ2v) is 17.5. The Kier molecular flexibility index (Phi) is 16.0. The number of rotatable bonds is 14. The van der Waals surface area contributed by atoms with Gasteiger partial charge in [-0.15, -0.1) is 0 Å². The van der Waals surface area contributed by atoms with Gasteiger partial charge in [-0.2, -0.15) is 0 Å². The normalized spacial score (nSPS) is 11.5. The van der Waals surface area contributed by atoms with Gasteiger partial charge in [0.25, 0.3) is 11.1 Å². The van der Waals surface area contributed by atoms with Crippen molar-refractivity contribution in [2.24, 2.45) is 0 Å². The highest BCUT2D eigenvalue weighted by atomic mass is 19.1. The Balaban J connectivity index is 0.000000244. The van der Waals surface area contributed by atoms with Gasteiger partial charge in [-0.1, -0.05) is 0 Å². The molecule has 4 aromatic carbocycles. The van der Waals surface area contributed by atoms with Gasteiger partial charge in [-0.25, -0.2) is 18.4 Å². The van der Waals surface area contributed by atoms with E-state index in [4.69, 9.17) is 14.2 Å². The molecule has 0 aliphatic carbocycles. The summed E-state index contributed by atoms with van der Waals surface area (Å²) in [6, 6.07) is 24.1. The van der Waals surface area contributed by atoms with Gasteiger partial charge >= 0.3 is 23.9 Å². The fourth-order valence-electron chi connectivity index (χ4n) is 7.17. The summed E-state index contributed by atoms with van der Waals surface area (Å²) in [5, 5.41) is 11.2. The van der Waals surface area contributed by atoms with Crippen LogP contribution >= 0.6 is 0 Å². The lowest BCUT2D eigenvalue weighted by Gasteiger charge is -2.19. The van der Waals surface area contributed by atoms with E-state index in [0.29, 0.717) is 88.4 Å². The van der Waals surface area contributed by atoms with E-state index in [2.05, 4.69) is 0 Å². The van der Waals surface area contributed by atoms with Crippen LogP contribution in [0.3, 0.4) is 0 Å². The van der Waals surface area contributed by atoms with Crippen molar-refractivity contribution in [2.45, 2.75) is 104 Å². The van der Waals surface area contributed by atoms with Crippen LogP contribution in [0, 0.1) is 11.6 Å². The van der Waals surface area contributed by atoms with E-state index >= 15 is 0 Å². The number of carboxylic acid groups (broad SMARTS) is 1. The quantitative estimate of drug-likeness (QED) is 0.0634. The number of hydrogen-bond donors (Lipinski definition) is 1. The number of nitrogens with zero attached hydrogens (tertiary/aromatic N) is 2. The molecule has 2 aromatic heterocycles. The number of aromatic carboxylic acids is 1. The Morgan fingerprint density at radius 1 is 0.554 bits per heavy atom. The molecule has 6 aromatic rings. The van der Waals surface area contributed by atoms with E-state index < -0.39 is 34.8 Å². The molecule has 0 spiro atoms. The van der Waals surface area contributed by atoms with Crippen LogP contribution in [0.4, 0.5) is 8.78 Å². The zero-order chi connectivity index (χ0) is 47.6. The average Bonchev–Trinajstić information content (AvgIpc) is 3.23. The first-order valence-electron chi connectivity index (χ1n) is 21.3. The summed E-state index contributed by atoms with van der Waals surface area (Å²) in [5.74, 6) is -2.91. The smallest absolute Gasteiger partial charge is 0.337 e. The van der Waals surface area contributed by atoms with Gasteiger partial charge in [0.05, 0.1) is 18.2 Å². The molecule has 2 heterocycles. The number of unbranched alkanes of at least 4 members (excludes halogenated alkanes) is 2. The maximum atomic E-state index is 13.5. The van der Waals surface area contributed by atoms with E-state index in [9.17, 15) is 42.7 Å². The number of pyridine rings is 2. The number of carbonyl (C=O) groups is 4. The highest BCUT2D eigenvalue weighted by molar-refractivity contribution is 5.96. The molecule has 1 N–H and O–H groups in total. The summed E-state index contributed by atoms with van der Waals surface area (Å²) in [5.41, 5.74) is 1.20. The maximum Gasteiger partial charge on any atom is 0.337 e. The molecule has 12 nitrogen and oxygen atoms in total. The van der Waals surface area contributed by atoms with Crippen LogP contribution in [0.2, 0.25) is 0 Å². The SMILES string of the molecule is CC(C)(C)OC(=O)CCCCc1cc2cc(C(=O)O)ccc2c(=O)n1-c1ccc(F)cc1.COC(=O)c1ccc2c(=O)n(-c3ccc(F)cc3)c(CCCCC(=O)OC(C)(C)C)cc2c1. The number of benzene rings is 4. The highest BCUT2D eigenvalue weighted by Crippen LogP contribution is 2.23. The lowest BCUT2D eigenvalue weighted by atomic mass is 10.0. The first-order valence-corrected chi connectivity index (χ1v) is 21.3. The Morgan fingerprint density at radius 3 is 1.31 bits per heavy atom. The summed E-state index contributed by atoms with van der Waals surface area (Å²) in [6.45, 7) is 10.9. The maximum absolute atomic E-state index is 13.5. The van der Waals surface area contributed by atoms with Crippen LogP contribution in [0.15, 0.2) is 107 Å². The van der Waals surface area contributed by atoms with Crippen molar-refractivity contribution in [1.82, 2.24) is 9.13 Å². The molecule has 0 bridgehead atoms. The number of fused-ring (bicyclic) bond motifs is 2. The molecule has 0 saturated heterocycles. The van der Waals surface area contributed by atoms with Crippen molar-refractivity contribution in [3.05, 3.63) is 152 Å². The number of aryl methyl sites for hydroxylation is 2. The molecule has 0 saturated carbocycles. The Labute approximate surface area is 375 Å². The van der Waals surface area contributed by atoms with E-state index in [1.165, 1.54) is 66.3 Å². The summed E-state index contributed by atoms with van der Waals surface area (Å²) >= 11 is 0. The zero-order valence-electron chi connectivity index (χ0n) is 37.7. The molecule has 0 atom stereocenters. The van der Waals surface area contributed by atoms with Crippen molar-refractivity contribution < 1.29 is 47.3 Å². The lowest BCUT2D eigenvalue weighted by Crippen LogP contribution is -2.24. The number of carboxylic acids is 1. The number of halogens is 2. The van der Waals surface area contributed by atoms with Gasteiger partial charge in [0.15, 0.2) is 0 Å². The van der Waals surface area contributed by atoms with Gasteiger partial charge < -0.3 is 19.3 Å². The minimum atomic E-state index is -1.08. The summed E-state index contributed by atoms with van der Waals surface area (Å²) in [7, 11) is 1.30. The third kappa shape index (κ3) is 13.5. The van der Waals surface area contributed by atoms with E-state index in [-0.39, 0.29) is 41.5 Å². The van der Waals surface area contributed by atoms with Crippen molar-refractivity contribution >= 4 is 45.4 Å². The molecule has 0 fully saturated rings. The number of carbonyl (C=O) groups excluding carboxylic acids is 3. The third-order valence-corrected chi connectivity index (χ3v) is 9.99. The number of ether oxygens (including phenoxy) is 3. The van der Waals surface area contributed by atoms with Crippen molar-refractivity contribution in [1.29, 1.82) is 0 Å². The largest absolute Gasteiger partial charge is 0.478 e. The van der Waals surface area contributed by atoms with Gasteiger partial charge in [0.2, 0.25) is 0 Å². The molecule has 0 unspecified atom stereocenters. The van der Waals surface area contributed by atoms with Crippen LogP contribution in [0.25, 0.3) is 32.9 Å². The fraction of sp³-hybridized carbons (Fsp3) is 0.333. The summed E-state index contributed by atoms with van der Waals surface area (Å²) < 4.78 is 45.4. The van der Waals surface area contributed by atoms with Crippen molar-refractivity contribution in [3.8, 4) is 11.4 Å². The molecule has 0 aliphatic heterocycles. The zero-order valence-corrected chi connectivity index (χ0v) is 37.7. The molecule has 0 radical (unpaired) electrons. The van der Waals surface area contributed by atoms with Crippen LogP contribution in [0.1, 0.15) is 112 Å². The van der Waals surface area contributed by atoms with Gasteiger partial charge in [0.1, 0.15) is 22.8 Å². The molecular weight excluding hydrogens is 839 g/mol. The van der Waals surface area contributed by atoms with E-state index in [0.717, 1.165) is 0 Å². The van der Waals surface area contributed by atoms with Crippen LogP contribution in [-0.2, 0) is 36.6 Å².